The van der Waals surface area contributed by atoms with E-state index in [2.05, 4.69) is 15.0 Å². The SMILES string of the molecule is COC(=O)c1ccc(S(=O)(=O)N2CCC(N3CCNCC3)C2)cc1Cl.Cl. The second kappa shape index (κ2) is 8.86. The van der Waals surface area contributed by atoms with Crippen LogP contribution in [0.15, 0.2) is 23.1 Å². The lowest BCUT2D eigenvalue weighted by atomic mass is 10.2. The molecule has 2 aliphatic rings. The Balaban J connectivity index is 0.00000243. The fourth-order valence-electron chi connectivity index (χ4n) is 3.36. The Morgan fingerprint density at radius 1 is 1.27 bits per heavy atom. The van der Waals surface area contributed by atoms with Crippen molar-refractivity contribution in [3.05, 3.63) is 28.8 Å². The molecule has 0 saturated carbocycles. The lowest BCUT2D eigenvalue weighted by Gasteiger charge is -2.32. The number of halogens is 2. The van der Waals surface area contributed by atoms with Crippen LogP contribution in [0, 0.1) is 0 Å². The number of benzene rings is 1. The highest BCUT2D eigenvalue weighted by Crippen LogP contribution is 2.27. The molecule has 0 bridgehead atoms. The molecule has 0 amide bonds. The molecule has 2 saturated heterocycles. The number of piperazine rings is 1. The average molecular weight is 424 g/mol. The third-order valence-electron chi connectivity index (χ3n) is 4.78. The molecule has 7 nitrogen and oxygen atoms in total. The van der Waals surface area contributed by atoms with Crippen molar-refractivity contribution in [3.63, 3.8) is 0 Å². The van der Waals surface area contributed by atoms with Crippen LogP contribution in [0.3, 0.4) is 0 Å². The highest BCUT2D eigenvalue weighted by molar-refractivity contribution is 7.89. The third-order valence-corrected chi connectivity index (χ3v) is 6.95. The van der Waals surface area contributed by atoms with E-state index in [1.54, 1.807) is 0 Å². The zero-order valence-corrected chi connectivity index (χ0v) is 16.9. The Labute approximate surface area is 165 Å². The van der Waals surface area contributed by atoms with Gasteiger partial charge in [-0.25, -0.2) is 13.2 Å². The van der Waals surface area contributed by atoms with Crippen molar-refractivity contribution in [1.82, 2.24) is 14.5 Å². The van der Waals surface area contributed by atoms with E-state index in [-0.39, 0.29) is 33.9 Å². The number of hydrogen-bond donors (Lipinski definition) is 1. The van der Waals surface area contributed by atoms with E-state index in [0.29, 0.717) is 13.1 Å². The fourth-order valence-corrected chi connectivity index (χ4v) is 5.20. The Morgan fingerprint density at radius 2 is 1.96 bits per heavy atom. The maximum absolute atomic E-state index is 12.9. The maximum atomic E-state index is 12.9. The fraction of sp³-hybridized carbons (Fsp3) is 0.562. The number of nitrogens with one attached hydrogen (secondary N) is 1. The largest absolute Gasteiger partial charge is 0.465 e. The second-order valence-corrected chi connectivity index (χ2v) is 8.57. The van der Waals surface area contributed by atoms with Gasteiger partial charge in [-0.2, -0.15) is 4.31 Å². The molecule has 0 aromatic heterocycles. The summed E-state index contributed by atoms with van der Waals surface area (Å²) in [6.07, 6.45) is 0.827. The van der Waals surface area contributed by atoms with Gasteiger partial charge in [0, 0.05) is 45.3 Å². The van der Waals surface area contributed by atoms with Gasteiger partial charge in [0.2, 0.25) is 10.0 Å². The number of hydrogen-bond acceptors (Lipinski definition) is 6. The van der Waals surface area contributed by atoms with Crippen LogP contribution >= 0.6 is 24.0 Å². The summed E-state index contributed by atoms with van der Waals surface area (Å²) in [5.41, 5.74) is 0.156. The van der Waals surface area contributed by atoms with Gasteiger partial charge >= 0.3 is 5.97 Å². The number of rotatable bonds is 4. The van der Waals surface area contributed by atoms with E-state index < -0.39 is 16.0 Å². The number of sulfonamides is 1. The minimum absolute atomic E-state index is 0. The van der Waals surface area contributed by atoms with Gasteiger partial charge in [-0.1, -0.05) is 11.6 Å². The van der Waals surface area contributed by atoms with Crippen molar-refractivity contribution >= 4 is 40.0 Å². The topological polar surface area (TPSA) is 79.0 Å². The third kappa shape index (κ3) is 4.32. The van der Waals surface area contributed by atoms with Crippen LogP contribution < -0.4 is 5.32 Å². The molecule has 2 heterocycles. The molecular weight excluding hydrogens is 401 g/mol. The Bertz CT molecular complexity index is 754. The molecule has 1 atom stereocenters. The van der Waals surface area contributed by atoms with E-state index in [9.17, 15) is 13.2 Å². The maximum Gasteiger partial charge on any atom is 0.339 e. The highest BCUT2D eigenvalue weighted by atomic mass is 35.5. The van der Waals surface area contributed by atoms with E-state index in [1.807, 2.05) is 0 Å². The summed E-state index contributed by atoms with van der Waals surface area (Å²) in [5, 5.41) is 3.38. The van der Waals surface area contributed by atoms with Crippen molar-refractivity contribution in [3.8, 4) is 0 Å². The van der Waals surface area contributed by atoms with Gasteiger partial charge in [-0.05, 0) is 24.6 Å². The Morgan fingerprint density at radius 3 is 2.58 bits per heavy atom. The summed E-state index contributed by atoms with van der Waals surface area (Å²) >= 11 is 6.07. The summed E-state index contributed by atoms with van der Waals surface area (Å²) in [4.78, 5) is 14.0. The minimum atomic E-state index is -3.63. The monoisotopic (exact) mass is 423 g/mol. The zero-order valence-electron chi connectivity index (χ0n) is 14.5. The molecular formula is C16H23Cl2N3O4S. The smallest absolute Gasteiger partial charge is 0.339 e. The van der Waals surface area contributed by atoms with Crippen LogP contribution in [0.5, 0.6) is 0 Å². The number of methoxy groups -OCH3 is 1. The number of ether oxygens (including phenoxy) is 1. The van der Waals surface area contributed by atoms with Gasteiger partial charge in [0.25, 0.3) is 0 Å². The summed E-state index contributed by atoms with van der Waals surface area (Å²) < 4.78 is 31.9. The molecule has 1 aromatic carbocycles. The number of carbonyl (C=O) groups is 1. The van der Waals surface area contributed by atoms with Crippen LogP contribution in [-0.2, 0) is 14.8 Å². The number of nitrogens with zero attached hydrogens (tertiary/aromatic N) is 2. The molecule has 2 aliphatic heterocycles. The molecule has 146 valence electrons. The Kier molecular flexibility index (Phi) is 7.29. The van der Waals surface area contributed by atoms with Crippen molar-refractivity contribution in [2.75, 3.05) is 46.4 Å². The van der Waals surface area contributed by atoms with Crippen molar-refractivity contribution in [2.45, 2.75) is 17.4 Å². The first-order chi connectivity index (χ1) is 11.9. The quantitative estimate of drug-likeness (QED) is 0.733. The normalized spacial score (nSPS) is 22.0. The summed E-state index contributed by atoms with van der Waals surface area (Å²) in [7, 11) is -2.37. The van der Waals surface area contributed by atoms with Gasteiger partial charge in [-0.3, -0.25) is 4.90 Å². The predicted octanol–water partition coefficient (Wildman–Crippen LogP) is 1.22. The van der Waals surface area contributed by atoms with Crippen molar-refractivity contribution in [1.29, 1.82) is 0 Å². The van der Waals surface area contributed by atoms with Crippen molar-refractivity contribution < 1.29 is 17.9 Å². The van der Waals surface area contributed by atoms with E-state index >= 15 is 0 Å². The summed E-state index contributed by atoms with van der Waals surface area (Å²) in [6, 6.07) is 4.37. The molecule has 0 aliphatic carbocycles. The molecule has 1 aromatic rings. The van der Waals surface area contributed by atoms with E-state index in [4.69, 9.17) is 11.6 Å². The van der Waals surface area contributed by atoms with Crippen LogP contribution in [0.4, 0.5) is 0 Å². The Hall–Kier alpha value is -0.900. The first kappa shape index (κ1) is 21.4. The van der Waals surface area contributed by atoms with Gasteiger partial charge < -0.3 is 10.1 Å². The van der Waals surface area contributed by atoms with Gasteiger partial charge in [0.15, 0.2) is 0 Å². The standard InChI is InChI=1S/C16H22ClN3O4S.ClH/c1-24-16(21)14-3-2-13(10-15(14)17)25(22,23)20-7-4-12(11-20)19-8-5-18-6-9-19;/h2-3,10,12,18H,4-9,11H2,1H3;1H. The lowest BCUT2D eigenvalue weighted by Crippen LogP contribution is -2.49. The van der Waals surface area contributed by atoms with Gasteiger partial charge in [0.05, 0.1) is 22.6 Å². The van der Waals surface area contributed by atoms with Crippen LogP contribution in [0.1, 0.15) is 16.8 Å². The molecule has 2 fully saturated rings. The number of carbonyl (C=O) groups excluding carboxylic acids is 1. The van der Waals surface area contributed by atoms with Crippen LogP contribution in [-0.4, -0.2) is 76.0 Å². The lowest BCUT2D eigenvalue weighted by molar-refractivity contribution is 0.0601. The van der Waals surface area contributed by atoms with E-state index in [1.165, 1.54) is 29.6 Å². The van der Waals surface area contributed by atoms with Gasteiger partial charge in [0.1, 0.15) is 0 Å². The molecule has 1 unspecified atom stereocenters. The molecule has 0 spiro atoms. The van der Waals surface area contributed by atoms with Crippen molar-refractivity contribution in [2.24, 2.45) is 0 Å². The molecule has 1 N–H and O–H groups in total. The molecule has 26 heavy (non-hydrogen) atoms. The predicted molar refractivity (Wildman–Crippen MR) is 102 cm³/mol. The number of esters is 1. The first-order valence-electron chi connectivity index (χ1n) is 8.26. The molecule has 3 rings (SSSR count). The second-order valence-electron chi connectivity index (χ2n) is 6.22. The minimum Gasteiger partial charge on any atom is -0.465 e. The van der Waals surface area contributed by atoms with Crippen LogP contribution in [0.2, 0.25) is 5.02 Å². The first-order valence-corrected chi connectivity index (χ1v) is 10.1. The zero-order chi connectivity index (χ0) is 18.0. The average Bonchev–Trinajstić information content (AvgIpc) is 3.12. The molecule has 10 heteroatoms. The summed E-state index contributed by atoms with van der Waals surface area (Å²) in [5.74, 6) is -0.589. The molecule has 0 radical (unpaired) electrons. The highest BCUT2D eigenvalue weighted by Gasteiger charge is 2.35. The van der Waals surface area contributed by atoms with Crippen LogP contribution in [0.25, 0.3) is 0 Å². The van der Waals surface area contributed by atoms with Gasteiger partial charge in [-0.15, -0.1) is 12.4 Å². The van der Waals surface area contributed by atoms with E-state index in [0.717, 1.165) is 32.6 Å². The summed E-state index contributed by atoms with van der Waals surface area (Å²) in [6.45, 7) is 4.74.